The first-order valence-electron chi connectivity index (χ1n) is 5.30. The quantitative estimate of drug-likeness (QED) is 0.802. The minimum Gasteiger partial charge on any atom is -0.294 e. The zero-order valence-electron chi connectivity index (χ0n) is 9.94. The number of aromatic nitrogens is 3. The number of ketones is 1. The van der Waals surface area contributed by atoms with Crippen molar-refractivity contribution in [3.8, 4) is 0 Å². The molecule has 0 fully saturated rings. The van der Waals surface area contributed by atoms with E-state index >= 15 is 0 Å². The monoisotopic (exact) mass is 267 g/mol. The normalized spacial score (nSPS) is 10.7. The first kappa shape index (κ1) is 12.7. The third-order valence-electron chi connectivity index (χ3n) is 2.62. The molecule has 0 N–H and O–H groups in total. The average Bonchev–Trinajstić information content (AvgIpc) is 2.56. The number of rotatable bonds is 3. The number of carbonyl (C=O) groups excluding carboxylic acids is 1. The van der Waals surface area contributed by atoms with Gasteiger partial charge in [-0.2, -0.15) is 5.10 Å². The molecule has 0 spiro atoms. The van der Waals surface area contributed by atoms with Crippen LogP contribution in [0, 0.1) is 12.7 Å². The summed E-state index contributed by atoms with van der Waals surface area (Å²) in [5, 5.41) is 4.59. The molecular formula is C12H11ClFN3O. The highest BCUT2D eigenvalue weighted by molar-refractivity contribution is 6.32. The van der Waals surface area contributed by atoms with Crippen LogP contribution in [0.4, 0.5) is 4.39 Å². The molecule has 0 aliphatic carbocycles. The van der Waals surface area contributed by atoms with Gasteiger partial charge in [0.05, 0.1) is 29.0 Å². The topological polar surface area (TPSA) is 47.8 Å². The predicted molar refractivity (Wildman–Crippen MR) is 65.2 cm³/mol. The van der Waals surface area contributed by atoms with Gasteiger partial charge in [0.15, 0.2) is 5.78 Å². The van der Waals surface area contributed by atoms with Crippen LogP contribution in [-0.4, -0.2) is 20.5 Å². The van der Waals surface area contributed by atoms with Crippen molar-refractivity contribution in [2.24, 2.45) is 7.05 Å². The Morgan fingerprint density at radius 1 is 1.50 bits per heavy atom. The summed E-state index contributed by atoms with van der Waals surface area (Å²) < 4.78 is 14.5. The van der Waals surface area contributed by atoms with Crippen molar-refractivity contribution in [1.29, 1.82) is 0 Å². The maximum Gasteiger partial charge on any atom is 0.170 e. The van der Waals surface area contributed by atoms with E-state index in [1.54, 1.807) is 18.7 Å². The van der Waals surface area contributed by atoms with Crippen molar-refractivity contribution in [2.75, 3.05) is 0 Å². The first-order valence-corrected chi connectivity index (χ1v) is 5.68. The maximum absolute atomic E-state index is 13.0. The van der Waals surface area contributed by atoms with Gasteiger partial charge in [-0.1, -0.05) is 11.6 Å². The molecule has 0 aliphatic heterocycles. The fraction of sp³-hybridized carbons (Fsp3) is 0.250. The number of aryl methyl sites for hydroxylation is 2. The minimum absolute atomic E-state index is 0.0707. The largest absolute Gasteiger partial charge is 0.294 e. The summed E-state index contributed by atoms with van der Waals surface area (Å²) >= 11 is 6.05. The van der Waals surface area contributed by atoms with Crippen LogP contribution in [0.3, 0.4) is 0 Å². The molecular weight excluding hydrogens is 257 g/mol. The van der Waals surface area contributed by atoms with Crippen LogP contribution in [-0.2, 0) is 13.5 Å². The maximum atomic E-state index is 13.0. The Hall–Kier alpha value is -1.75. The Balaban J connectivity index is 2.27. The number of hydrogen-bond acceptors (Lipinski definition) is 3. The van der Waals surface area contributed by atoms with Crippen LogP contribution < -0.4 is 0 Å². The van der Waals surface area contributed by atoms with Crippen LogP contribution in [0.5, 0.6) is 0 Å². The summed E-state index contributed by atoms with van der Waals surface area (Å²) in [4.78, 5) is 15.6. The van der Waals surface area contributed by atoms with Gasteiger partial charge in [-0.25, -0.2) is 4.39 Å². The number of nitrogens with zero attached hydrogens (tertiary/aromatic N) is 3. The summed E-state index contributed by atoms with van der Waals surface area (Å²) in [5.41, 5.74) is 1.51. The second kappa shape index (κ2) is 4.86. The molecule has 0 radical (unpaired) electrons. The predicted octanol–water partition coefficient (Wildman–Crippen LogP) is 2.34. The van der Waals surface area contributed by atoms with Gasteiger partial charge < -0.3 is 0 Å². The van der Waals surface area contributed by atoms with Crippen molar-refractivity contribution >= 4 is 17.4 Å². The number of carbonyl (C=O) groups is 1. The smallest absolute Gasteiger partial charge is 0.170 e. The van der Waals surface area contributed by atoms with Gasteiger partial charge in [-0.05, 0) is 13.0 Å². The third-order valence-corrected chi connectivity index (χ3v) is 3.11. The van der Waals surface area contributed by atoms with Gasteiger partial charge >= 0.3 is 0 Å². The SMILES string of the molecule is Cc1nn(C)c(CC(=O)c2cncc(F)c2)c1Cl. The molecule has 0 saturated carbocycles. The van der Waals surface area contributed by atoms with E-state index in [2.05, 4.69) is 10.1 Å². The summed E-state index contributed by atoms with van der Waals surface area (Å²) in [5.74, 6) is -0.778. The van der Waals surface area contributed by atoms with Gasteiger partial charge in [-0.15, -0.1) is 0 Å². The van der Waals surface area contributed by atoms with Gasteiger partial charge in [0.2, 0.25) is 0 Å². The second-order valence-corrected chi connectivity index (χ2v) is 4.34. The molecule has 6 heteroatoms. The van der Waals surface area contributed by atoms with E-state index in [0.29, 0.717) is 16.4 Å². The third kappa shape index (κ3) is 2.41. The molecule has 0 aliphatic rings. The van der Waals surface area contributed by atoms with Crippen molar-refractivity contribution in [2.45, 2.75) is 13.3 Å². The van der Waals surface area contributed by atoms with Gasteiger partial charge in [0.25, 0.3) is 0 Å². The molecule has 94 valence electrons. The van der Waals surface area contributed by atoms with Gasteiger partial charge in [0, 0.05) is 18.8 Å². The Kier molecular flexibility index (Phi) is 3.43. The molecule has 0 unspecified atom stereocenters. The molecule has 2 aromatic rings. The number of pyridine rings is 1. The number of Topliss-reactive ketones (excluding diaryl/α,β-unsaturated/α-hetero) is 1. The summed E-state index contributed by atoms with van der Waals surface area (Å²) in [6.07, 6.45) is 2.46. The van der Waals surface area contributed by atoms with Crippen LogP contribution >= 0.6 is 11.6 Å². The molecule has 0 bridgehead atoms. The average molecular weight is 268 g/mol. The Labute approximate surface area is 108 Å². The van der Waals surface area contributed by atoms with Crippen molar-refractivity contribution in [3.05, 3.63) is 46.3 Å². The van der Waals surface area contributed by atoms with Gasteiger partial charge in [0.1, 0.15) is 5.82 Å². The van der Waals surface area contributed by atoms with Crippen molar-refractivity contribution < 1.29 is 9.18 Å². The summed E-state index contributed by atoms with van der Waals surface area (Å²) in [6, 6.07) is 1.16. The van der Waals surface area contributed by atoms with Crippen LogP contribution in [0.25, 0.3) is 0 Å². The van der Waals surface area contributed by atoms with E-state index < -0.39 is 5.82 Å². The van der Waals surface area contributed by atoms with E-state index in [1.807, 2.05) is 0 Å². The second-order valence-electron chi connectivity index (χ2n) is 3.96. The number of hydrogen-bond donors (Lipinski definition) is 0. The fourth-order valence-corrected chi connectivity index (χ4v) is 1.92. The Morgan fingerprint density at radius 2 is 2.22 bits per heavy atom. The number of halogens is 2. The Bertz CT molecular complexity index is 609. The van der Waals surface area contributed by atoms with Gasteiger partial charge in [-0.3, -0.25) is 14.5 Å². The highest BCUT2D eigenvalue weighted by Gasteiger charge is 2.16. The molecule has 0 amide bonds. The molecule has 2 rings (SSSR count). The lowest BCUT2D eigenvalue weighted by molar-refractivity contribution is 0.0990. The lowest BCUT2D eigenvalue weighted by Gasteiger charge is -2.02. The van der Waals surface area contributed by atoms with Crippen LogP contribution in [0.2, 0.25) is 5.02 Å². The minimum atomic E-state index is -0.534. The summed E-state index contributed by atoms with van der Waals surface area (Å²) in [6.45, 7) is 1.76. The molecule has 0 atom stereocenters. The molecule has 4 nitrogen and oxygen atoms in total. The van der Waals surface area contributed by atoms with Crippen molar-refractivity contribution in [1.82, 2.24) is 14.8 Å². The van der Waals surface area contributed by atoms with E-state index in [0.717, 1.165) is 12.3 Å². The molecule has 2 heterocycles. The van der Waals surface area contributed by atoms with Crippen LogP contribution in [0.1, 0.15) is 21.7 Å². The Morgan fingerprint density at radius 3 is 2.78 bits per heavy atom. The highest BCUT2D eigenvalue weighted by Crippen LogP contribution is 2.21. The molecule has 0 saturated heterocycles. The van der Waals surface area contributed by atoms with Crippen molar-refractivity contribution in [3.63, 3.8) is 0 Å². The lowest BCUT2D eigenvalue weighted by Crippen LogP contribution is -2.09. The molecule has 18 heavy (non-hydrogen) atoms. The van der Waals surface area contributed by atoms with Crippen LogP contribution in [0.15, 0.2) is 18.5 Å². The standard InChI is InChI=1S/C12H11ClFN3O/c1-7-12(13)10(17(2)16-7)4-11(18)8-3-9(14)6-15-5-8/h3,5-6H,4H2,1-2H3. The summed E-state index contributed by atoms with van der Waals surface area (Å²) in [7, 11) is 1.71. The van der Waals surface area contributed by atoms with E-state index in [1.165, 1.54) is 6.20 Å². The van der Waals surface area contributed by atoms with E-state index in [9.17, 15) is 9.18 Å². The first-order chi connectivity index (χ1) is 8.49. The zero-order valence-corrected chi connectivity index (χ0v) is 10.7. The lowest BCUT2D eigenvalue weighted by atomic mass is 10.1. The fourth-order valence-electron chi connectivity index (χ4n) is 1.69. The molecule has 0 aromatic carbocycles. The van der Waals surface area contributed by atoms with E-state index in [-0.39, 0.29) is 17.8 Å². The molecule has 2 aromatic heterocycles. The van der Waals surface area contributed by atoms with E-state index in [4.69, 9.17) is 11.6 Å². The zero-order chi connectivity index (χ0) is 13.3. The highest BCUT2D eigenvalue weighted by atomic mass is 35.5.